The van der Waals surface area contributed by atoms with E-state index in [1.54, 1.807) is 5.51 Å². The molecular weight excluding hydrogens is 345 g/mol. The van der Waals surface area contributed by atoms with Gasteiger partial charge in [0, 0.05) is 31.0 Å². The van der Waals surface area contributed by atoms with E-state index in [4.69, 9.17) is 9.47 Å². The fourth-order valence-corrected chi connectivity index (χ4v) is 3.11. The highest BCUT2D eigenvalue weighted by Gasteiger charge is 2.17. The van der Waals surface area contributed by atoms with Crippen molar-refractivity contribution in [3.63, 3.8) is 0 Å². The normalized spacial score (nSPS) is 16.6. The van der Waals surface area contributed by atoms with Crippen molar-refractivity contribution in [2.24, 2.45) is 0 Å². The van der Waals surface area contributed by atoms with Crippen molar-refractivity contribution < 1.29 is 18.7 Å². The van der Waals surface area contributed by atoms with E-state index in [0.29, 0.717) is 31.0 Å². The number of carbonyl (C=O) groups excluding carboxylic acids is 1. The summed E-state index contributed by atoms with van der Waals surface area (Å²) in [5.41, 5.74) is 2.97. The Hall–Kier alpha value is -2.19. The highest BCUT2D eigenvalue weighted by atomic mass is 32.1. The summed E-state index contributed by atoms with van der Waals surface area (Å²) in [4.78, 5) is 16.2. The number of urea groups is 1. The lowest BCUT2D eigenvalue weighted by atomic mass is 10.2. The molecule has 8 heteroatoms. The molecular formula is C17H20FN3O3S. The first-order chi connectivity index (χ1) is 12.2. The van der Waals surface area contributed by atoms with Crippen molar-refractivity contribution in [3.8, 4) is 5.75 Å². The summed E-state index contributed by atoms with van der Waals surface area (Å²) in [7, 11) is 0. The van der Waals surface area contributed by atoms with Gasteiger partial charge in [0.15, 0.2) is 0 Å². The molecule has 0 saturated carbocycles. The smallest absolute Gasteiger partial charge is 0.319 e. The molecule has 1 aliphatic rings. The van der Waals surface area contributed by atoms with Gasteiger partial charge in [0.2, 0.25) is 0 Å². The third-order valence-corrected chi connectivity index (χ3v) is 4.42. The van der Waals surface area contributed by atoms with Crippen LogP contribution in [0.15, 0.2) is 29.1 Å². The summed E-state index contributed by atoms with van der Waals surface area (Å²) in [6.45, 7) is 1.56. The maximum absolute atomic E-state index is 13.5. The van der Waals surface area contributed by atoms with Crippen molar-refractivity contribution in [2.75, 3.05) is 25.1 Å². The third-order valence-electron chi connectivity index (χ3n) is 3.79. The van der Waals surface area contributed by atoms with Crippen LogP contribution in [0, 0.1) is 5.82 Å². The Morgan fingerprint density at radius 2 is 2.40 bits per heavy atom. The number of nitrogens with zero attached hydrogens (tertiary/aromatic N) is 1. The summed E-state index contributed by atoms with van der Waals surface area (Å²) < 4.78 is 24.7. The molecule has 2 N–H and O–H groups in total. The van der Waals surface area contributed by atoms with Crippen LogP contribution >= 0.6 is 11.3 Å². The lowest BCUT2D eigenvalue weighted by Gasteiger charge is -2.15. The number of anilines is 1. The number of aromatic nitrogens is 1. The van der Waals surface area contributed by atoms with Crippen molar-refractivity contribution >= 4 is 23.1 Å². The quantitative estimate of drug-likeness (QED) is 0.790. The van der Waals surface area contributed by atoms with Crippen molar-refractivity contribution in [1.29, 1.82) is 0 Å². The van der Waals surface area contributed by atoms with E-state index in [1.165, 1.54) is 29.5 Å². The second-order valence-corrected chi connectivity index (χ2v) is 6.42. The van der Waals surface area contributed by atoms with Gasteiger partial charge < -0.3 is 20.1 Å². The van der Waals surface area contributed by atoms with Gasteiger partial charge in [0.1, 0.15) is 18.2 Å². The van der Waals surface area contributed by atoms with E-state index < -0.39 is 11.8 Å². The predicted octanol–water partition coefficient (Wildman–Crippen LogP) is 3.20. The van der Waals surface area contributed by atoms with Crippen LogP contribution < -0.4 is 15.4 Å². The summed E-state index contributed by atoms with van der Waals surface area (Å²) in [5, 5.41) is 7.29. The standard InChI is InChI=1S/C17H20FN3O3S/c18-12-3-4-16(24-9-14-2-1-7-23-14)15(8-12)21-17(22)19-6-5-13-10-25-11-20-13/h3-4,8,10-11,14H,1-2,5-7,9H2,(H2,19,21,22). The van der Waals surface area contributed by atoms with Crippen LogP contribution in [0.2, 0.25) is 0 Å². The number of ether oxygens (including phenoxy) is 2. The van der Waals surface area contributed by atoms with Crippen LogP contribution in [0.3, 0.4) is 0 Å². The molecule has 0 bridgehead atoms. The van der Waals surface area contributed by atoms with Gasteiger partial charge in [0.05, 0.1) is 23.0 Å². The first kappa shape index (κ1) is 17.6. The molecule has 1 unspecified atom stereocenters. The molecule has 25 heavy (non-hydrogen) atoms. The Morgan fingerprint density at radius 3 is 3.16 bits per heavy atom. The Morgan fingerprint density at radius 1 is 1.48 bits per heavy atom. The van der Waals surface area contributed by atoms with E-state index in [-0.39, 0.29) is 6.10 Å². The fraction of sp³-hybridized carbons (Fsp3) is 0.412. The molecule has 1 aromatic heterocycles. The summed E-state index contributed by atoms with van der Waals surface area (Å²) in [5.74, 6) is -0.0196. The summed E-state index contributed by atoms with van der Waals surface area (Å²) in [6.07, 6.45) is 2.65. The van der Waals surface area contributed by atoms with E-state index in [2.05, 4.69) is 15.6 Å². The maximum Gasteiger partial charge on any atom is 0.319 e. The molecule has 0 radical (unpaired) electrons. The van der Waals surface area contributed by atoms with Crippen LogP contribution in [-0.2, 0) is 11.2 Å². The average Bonchev–Trinajstić information content (AvgIpc) is 3.27. The molecule has 134 valence electrons. The number of hydrogen-bond acceptors (Lipinski definition) is 5. The van der Waals surface area contributed by atoms with Crippen LogP contribution in [0.25, 0.3) is 0 Å². The third kappa shape index (κ3) is 5.40. The minimum atomic E-state index is -0.442. The zero-order valence-electron chi connectivity index (χ0n) is 13.7. The zero-order valence-corrected chi connectivity index (χ0v) is 14.5. The van der Waals surface area contributed by atoms with Gasteiger partial charge in [-0.25, -0.2) is 14.2 Å². The van der Waals surface area contributed by atoms with Crippen LogP contribution in [-0.4, -0.2) is 36.9 Å². The average molecular weight is 365 g/mol. The van der Waals surface area contributed by atoms with Gasteiger partial charge in [0.25, 0.3) is 0 Å². The summed E-state index contributed by atoms with van der Waals surface area (Å²) in [6, 6.07) is 3.64. The van der Waals surface area contributed by atoms with Gasteiger partial charge in [-0.2, -0.15) is 0 Å². The Kier molecular flexibility index (Phi) is 6.19. The first-order valence-electron chi connectivity index (χ1n) is 8.16. The number of carbonyl (C=O) groups is 1. The predicted molar refractivity (Wildman–Crippen MR) is 93.7 cm³/mol. The van der Waals surface area contributed by atoms with Gasteiger partial charge in [-0.3, -0.25) is 0 Å². The largest absolute Gasteiger partial charge is 0.489 e. The topological polar surface area (TPSA) is 72.5 Å². The lowest BCUT2D eigenvalue weighted by molar-refractivity contribution is 0.0682. The Bertz CT molecular complexity index is 690. The molecule has 1 aromatic carbocycles. The summed E-state index contributed by atoms with van der Waals surface area (Å²) >= 11 is 1.51. The monoisotopic (exact) mass is 365 g/mol. The van der Waals surface area contributed by atoms with E-state index in [9.17, 15) is 9.18 Å². The number of thiazole rings is 1. The van der Waals surface area contributed by atoms with Crippen LogP contribution in [0.1, 0.15) is 18.5 Å². The van der Waals surface area contributed by atoms with Crippen LogP contribution in [0.5, 0.6) is 5.75 Å². The van der Waals surface area contributed by atoms with E-state index in [0.717, 1.165) is 25.1 Å². The number of nitrogens with one attached hydrogen (secondary N) is 2. The number of amides is 2. The second kappa shape index (κ2) is 8.77. The number of halogens is 1. The molecule has 2 heterocycles. The molecule has 0 spiro atoms. The minimum Gasteiger partial charge on any atom is -0.489 e. The van der Waals surface area contributed by atoms with Crippen LogP contribution in [0.4, 0.5) is 14.9 Å². The van der Waals surface area contributed by atoms with Crippen molar-refractivity contribution in [3.05, 3.63) is 40.6 Å². The van der Waals surface area contributed by atoms with Gasteiger partial charge >= 0.3 is 6.03 Å². The molecule has 3 rings (SSSR count). The van der Waals surface area contributed by atoms with E-state index >= 15 is 0 Å². The Balaban J connectivity index is 1.52. The fourth-order valence-electron chi connectivity index (χ4n) is 2.52. The molecule has 2 amide bonds. The van der Waals surface area contributed by atoms with Crippen molar-refractivity contribution in [1.82, 2.24) is 10.3 Å². The van der Waals surface area contributed by atoms with Gasteiger partial charge in [-0.15, -0.1) is 11.3 Å². The second-order valence-electron chi connectivity index (χ2n) is 5.70. The minimum absolute atomic E-state index is 0.0461. The highest BCUT2D eigenvalue weighted by Crippen LogP contribution is 2.26. The lowest BCUT2D eigenvalue weighted by Crippen LogP contribution is -2.30. The van der Waals surface area contributed by atoms with Gasteiger partial charge in [-0.1, -0.05) is 0 Å². The van der Waals surface area contributed by atoms with Gasteiger partial charge in [-0.05, 0) is 25.0 Å². The number of hydrogen-bond donors (Lipinski definition) is 2. The molecule has 1 saturated heterocycles. The SMILES string of the molecule is O=C(NCCc1cscn1)Nc1cc(F)ccc1OCC1CCCO1. The molecule has 6 nitrogen and oxygen atoms in total. The zero-order chi connectivity index (χ0) is 17.5. The molecule has 1 atom stereocenters. The Labute approximate surface area is 149 Å². The molecule has 1 fully saturated rings. The molecule has 0 aliphatic carbocycles. The maximum atomic E-state index is 13.5. The number of benzene rings is 1. The van der Waals surface area contributed by atoms with Crippen molar-refractivity contribution in [2.45, 2.75) is 25.4 Å². The number of rotatable bonds is 7. The first-order valence-corrected chi connectivity index (χ1v) is 9.11. The molecule has 1 aliphatic heterocycles. The van der Waals surface area contributed by atoms with E-state index in [1.807, 2.05) is 5.38 Å². The molecule has 2 aromatic rings. The highest BCUT2D eigenvalue weighted by molar-refractivity contribution is 7.07.